The van der Waals surface area contributed by atoms with Crippen LogP contribution in [0.2, 0.25) is 0 Å². The van der Waals surface area contributed by atoms with Gasteiger partial charge in [-0.25, -0.2) is 4.79 Å². The van der Waals surface area contributed by atoms with Crippen LogP contribution in [0.25, 0.3) is 0 Å². The molecule has 0 aromatic carbocycles. The third-order valence-electron chi connectivity index (χ3n) is 12.0. The molecule has 0 bridgehead atoms. The lowest BCUT2D eigenvalue weighted by atomic mass is 9.47. The topological polar surface area (TPSA) is 46.5 Å². The second-order valence-corrected chi connectivity index (χ2v) is 14.0. The zero-order chi connectivity index (χ0) is 26.3. The molecular weight excluding hydrogens is 444 g/mol. The number of carbonyl (C=O) groups is 1. The van der Waals surface area contributed by atoms with E-state index in [9.17, 15) is 9.90 Å². The van der Waals surface area contributed by atoms with Crippen molar-refractivity contribution < 1.29 is 14.6 Å². The largest absolute Gasteiger partial charge is 0.459 e. The van der Waals surface area contributed by atoms with Crippen molar-refractivity contribution in [3.05, 3.63) is 23.8 Å². The Hall–Kier alpha value is -1.09. The van der Waals surface area contributed by atoms with Crippen molar-refractivity contribution >= 4 is 5.97 Å². The minimum atomic E-state index is -0.432. The monoisotopic (exact) mass is 498 g/mol. The maximum absolute atomic E-state index is 12.2. The van der Waals surface area contributed by atoms with Gasteiger partial charge in [0.15, 0.2) is 0 Å². The van der Waals surface area contributed by atoms with E-state index < -0.39 is 5.97 Å². The van der Waals surface area contributed by atoms with Gasteiger partial charge in [-0.3, -0.25) is 0 Å². The minimum absolute atomic E-state index is 0.0694. The van der Waals surface area contributed by atoms with Crippen LogP contribution >= 0.6 is 0 Å². The van der Waals surface area contributed by atoms with Gasteiger partial charge in [-0.1, -0.05) is 72.6 Å². The van der Waals surface area contributed by atoms with Crippen LogP contribution in [0, 0.1) is 52.3 Å². The molecule has 3 heteroatoms. The van der Waals surface area contributed by atoms with Crippen LogP contribution < -0.4 is 0 Å². The van der Waals surface area contributed by atoms with Crippen LogP contribution in [0.4, 0.5) is 0 Å². The first kappa shape index (κ1) is 27.9. The average molecular weight is 499 g/mol. The molecule has 1 unspecified atom stereocenters. The molecule has 0 saturated heterocycles. The molecule has 0 heterocycles. The second kappa shape index (κ2) is 11.0. The van der Waals surface area contributed by atoms with Crippen molar-refractivity contribution in [1.29, 1.82) is 0 Å². The molecule has 0 aliphatic heterocycles. The van der Waals surface area contributed by atoms with Gasteiger partial charge in [-0.15, -0.1) is 0 Å². The second-order valence-electron chi connectivity index (χ2n) is 14.0. The molecule has 0 spiro atoms. The van der Waals surface area contributed by atoms with Gasteiger partial charge < -0.3 is 9.84 Å². The highest BCUT2D eigenvalue weighted by Gasteiger charge is 2.59. The summed E-state index contributed by atoms with van der Waals surface area (Å²) in [5, 5.41) is 9.22. The molecular formula is C33H54O3. The van der Waals surface area contributed by atoms with Crippen LogP contribution in [0.3, 0.4) is 0 Å². The maximum atomic E-state index is 12.2. The van der Waals surface area contributed by atoms with E-state index in [0.29, 0.717) is 5.41 Å². The SMILES string of the molecule is C=C(CO)C(=O)O[C@H]1CC[C@@]2(C)C(=CC[C@@H]3[C@@H]2CC[C@]2(C)C([C@H](C)CC[C@@H](CC)C(C)C)CC[C@@H]32)C1. The van der Waals surface area contributed by atoms with Crippen LogP contribution in [-0.2, 0) is 9.53 Å². The van der Waals surface area contributed by atoms with Crippen molar-refractivity contribution in [2.75, 3.05) is 6.61 Å². The van der Waals surface area contributed by atoms with Gasteiger partial charge in [0, 0.05) is 6.42 Å². The molecule has 0 aromatic heterocycles. The van der Waals surface area contributed by atoms with E-state index in [2.05, 4.69) is 54.2 Å². The molecule has 3 saturated carbocycles. The summed E-state index contributed by atoms with van der Waals surface area (Å²) in [7, 11) is 0. The third kappa shape index (κ3) is 4.99. The Kier molecular flexibility index (Phi) is 8.50. The number of fused-ring (bicyclic) bond motifs is 5. The van der Waals surface area contributed by atoms with Crippen molar-refractivity contribution in [1.82, 2.24) is 0 Å². The molecule has 204 valence electrons. The number of hydrogen-bond donors (Lipinski definition) is 1. The molecule has 0 amide bonds. The van der Waals surface area contributed by atoms with Crippen LogP contribution in [0.5, 0.6) is 0 Å². The number of esters is 1. The van der Waals surface area contributed by atoms with Gasteiger partial charge in [-0.05, 0) is 104 Å². The molecule has 0 radical (unpaired) electrons. The summed E-state index contributed by atoms with van der Waals surface area (Å²) in [6.07, 6.45) is 16.4. The Labute approximate surface area is 221 Å². The fraction of sp³-hybridized carbons (Fsp3) is 0.848. The Balaban J connectivity index is 1.43. The van der Waals surface area contributed by atoms with Gasteiger partial charge in [0.05, 0.1) is 12.2 Å². The molecule has 3 nitrogen and oxygen atoms in total. The van der Waals surface area contributed by atoms with E-state index in [4.69, 9.17) is 4.74 Å². The fourth-order valence-electron chi connectivity index (χ4n) is 9.69. The van der Waals surface area contributed by atoms with E-state index in [1.807, 2.05) is 0 Å². The zero-order valence-electron chi connectivity index (χ0n) is 24.2. The van der Waals surface area contributed by atoms with Crippen LogP contribution in [0.1, 0.15) is 112 Å². The van der Waals surface area contributed by atoms with E-state index in [-0.39, 0.29) is 23.7 Å². The number of allylic oxidation sites excluding steroid dienone is 1. The number of carbonyl (C=O) groups excluding carboxylic acids is 1. The number of rotatable bonds is 9. The first-order chi connectivity index (χ1) is 17.0. The zero-order valence-corrected chi connectivity index (χ0v) is 24.2. The molecule has 4 aliphatic rings. The Morgan fingerprint density at radius 2 is 1.86 bits per heavy atom. The average Bonchev–Trinajstić information content (AvgIpc) is 3.21. The van der Waals surface area contributed by atoms with Crippen LogP contribution in [-0.4, -0.2) is 23.8 Å². The fourth-order valence-corrected chi connectivity index (χ4v) is 9.69. The lowest BCUT2D eigenvalue weighted by molar-refractivity contribution is -0.147. The Bertz CT molecular complexity index is 842. The molecule has 3 fully saturated rings. The Morgan fingerprint density at radius 1 is 1.11 bits per heavy atom. The summed E-state index contributed by atoms with van der Waals surface area (Å²) in [6.45, 7) is 18.3. The lowest BCUT2D eigenvalue weighted by Crippen LogP contribution is -2.51. The van der Waals surface area contributed by atoms with Crippen molar-refractivity contribution in [3.63, 3.8) is 0 Å². The van der Waals surface area contributed by atoms with Gasteiger partial charge in [-0.2, -0.15) is 0 Å². The van der Waals surface area contributed by atoms with Gasteiger partial charge in [0.25, 0.3) is 0 Å². The lowest BCUT2D eigenvalue weighted by Gasteiger charge is -2.58. The predicted octanol–water partition coefficient (Wildman–Crippen LogP) is 8.12. The molecule has 1 N–H and O–H groups in total. The highest BCUT2D eigenvalue weighted by Crippen LogP contribution is 2.67. The highest BCUT2D eigenvalue weighted by molar-refractivity contribution is 5.88. The molecule has 9 atom stereocenters. The summed E-state index contributed by atoms with van der Waals surface area (Å²) in [4.78, 5) is 12.2. The molecule has 0 aromatic rings. The first-order valence-corrected chi connectivity index (χ1v) is 15.2. The summed E-state index contributed by atoms with van der Waals surface area (Å²) in [5.41, 5.74) is 2.47. The number of aliphatic hydroxyl groups is 1. The number of aliphatic hydroxyl groups excluding tert-OH is 1. The number of ether oxygens (including phenoxy) is 1. The molecule has 4 rings (SSSR count). The van der Waals surface area contributed by atoms with E-state index >= 15 is 0 Å². The third-order valence-corrected chi connectivity index (χ3v) is 12.0. The predicted molar refractivity (Wildman–Crippen MR) is 148 cm³/mol. The quantitative estimate of drug-likeness (QED) is 0.198. The number of hydrogen-bond acceptors (Lipinski definition) is 3. The molecule has 36 heavy (non-hydrogen) atoms. The summed E-state index contributed by atoms with van der Waals surface area (Å²) in [5.74, 6) is 5.45. The van der Waals surface area contributed by atoms with Crippen molar-refractivity contribution in [3.8, 4) is 0 Å². The van der Waals surface area contributed by atoms with Gasteiger partial charge >= 0.3 is 5.97 Å². The summed E-state index contributed by atoms with van der Waals surface area (Å²) in [6, 6.07) is 0. The van der Waals surface area contributed by atoms with Crippen LogP contribution in [0.15, 0.2) is 23.8 Å². The van der Waals surface area contributed by atoms with Gasteiger partial charge in [0.1, 0.15) is 6.10 Å². The maximum Gasteiger partial charge on any atom is 0.336 e. The highest BCUT2D eigenvalue weighted by atomic mass is 16.5. The first-order valence-electron chi connectivity index (χ1n) is 15.2. The van der Waals surface area contributed by atoms with Gasteiger partial charge in [0.2, 0.25) is 0 Å². The summed E-state index contributed by atoms with van der Waals surface area (Å²) >= 11 is 0. The van der Waals surface area contributed by atoms with E-state index in [0.717, 1.165) is 60.7 Å². The van der Waals surface area contributed by atoms with E-state index in [1.54, 1.807) is 0 Å². The molecule has 4 aliphatic carbocycles. The Morgan fingerprint density at radius 3 is 2.53 bits per heavy atom. The standard InChI is InChI=1S/C33H54O3/c1-8-24(21(2)3)10-9-22(4)28-13-14-29-27-12-11-25-19-26(36-31(35)23(5)20-34)15-17-32(25,6)30(27)16-18-33(28,29)7/h11,21-22,24,26-30,34H,5,8-10,12-20H2,1-4,6-7H3/t22-,24-,26+,27+,28?,29+,30+,32+,33-/m1/s1. The smallest absolute Gasteiger partial charge is 0.336 e. The summed E-state index contributed by atoms with van der Waals surface area (Å²) < 4.78 is 5.72. The normalized spacial score (nSPS) is 39.4. The van der Waals surface area contributed by atoms with Crippen molar-refractivity contribution in [2.24, 2.45) is 52.3 Å². The minimum Gasteiger partial charge on any atom is -0.459 e. The van der Waals surface area contributed by atoms with E-state index in [1.165, 1.54) is 56.9 Å². The van der Waals surface area contributed by atoms with Crippen molar-refractivity contribution in [2.45, 2.75) is 118 Å².